The van der Waals surface area contributed by atoms with Gasteiger partial charge in [0, 0.05) is 11.1 Å². The summed E-state index contributed by atoms with van der Waals surface area (Å²) in [5.41, 5.74) is 0.828. The molecule has 0 saturated heterocycles. The van der Waals surface area contributed by atoms with Crippen molar-refractivity contribution in [1.82, 2.24) is 0 Å². The summed E-state index contributed by atoms with van der Waals surface area (Å²) >= 11 is 0. The normalized spacial score (nSPS) is 10.3. The van der Waals surface area contributed by atoms with Gasteiger partial charge in [-0.3, -0.25) is 4.79 Å². The van der Waals surface area contributed by atoms with E-state index in [0.29, 0.717) is 22.9 Å². The highest BCUT2D eigenvalue weighted by Crippen LogP contribution is 2.38. The molecule has 0 fully saturated rings. The second kappa shape index (κ2) is 8.97. The number of hydrogen-bond donors (Lipinski definition) is 1. The van der Waals surface area contributed by atoms with E-state index in [-0.39, 0.29) is 5.56 Å². The summed E-state index contributed by atoms with van der Waals surface area (Å²) in [7, 11) is 4.37. The predicted octanol–water partition coefficient (Wildman–Crippen LogP) is 3.66. The van der Waals surface area contributed by atoms with E-state index in [1.807, 2.05) is 36.4 Å². The molecule has 0 aliphatic heterocycles. The number of carbonyl (C=O) groups excluding carboxylic acids is 2. The Hall–Kier alpha value is -3.74. The first-order chi connectivity index (χ1) is 14.1. The Morgan fingerprint density at radius 2 is 1.52 bits per heavy atom. The van der Waals surface area contributed by atoms with Crippen LogP contribution in [-0.2, 0) is 9.53 Å². The van der Waals surface area contributed by atoms with Crippen LogP contribution in [0, 0.1) is 0 Å². The van der Waals surface area contributed by atoms with Crippen LogP contribution in [0.2, 0.25) is 0 Å². The van der Waals surface area contributed by atoms with Gasteiger partial charge < -0.3 is 24.3 Å². The number of carbonyl (C=O) groups is 2. The fourth-order valence-corrected chi connectivity index (χ4v) is 2.93. The van der Waals surface area contributed by atoms with E-state index in [9.17, 15) is 9.59 Å². The third kappa shape index (κ3) is 4.40. The molecule has 7 nitrogen and oxygen atoms in total. The standard InChI is InChI=1S/C22H21NO6/c1-26-18-11-15(12-19(27-2)21(18)28-3)22(25)29-13-20(24)23-17-10-6-8-14-7-4-5-9-16(14)17/h4-12H,13H2,1-3H3,(H,23,24). The Balaban J connectivity index is 1.69. The number of hydrogen-bond acceptors (Lipinski definition) is 6. The average Bonchev–Trinajstić information content (AvgIpc) is 2.76. The van der Waals surface area contributed by atoms with Gasteiger partial charge in [-0.15, -0.1) is 0 Å². The highest BCUT2D eigenvalue weighted by Gasteiger charge is 2.18. The lowest BCUT2D eigenvalue weighted by atomic mass is 10.1. The van der Waals surface area contributed by atoms with Crippen molar-refractivity contribution in [2.75, 3.05) is 33.3 Å². The molecule has 3 rings (SSSR count). The molecular formula is C22H21NO6. The van der Waals surface area contributed by atoms with Gasteiger partial charge in [-0.2, -0.15) is 0 Å². The zero-order chi connectivity index (χ0) is 20.8. The summed E-state index contributed by atoms with van der Waals surface area (Å²) in [5, 5.41) is 4.67. The third-order valence-corrected chi connectivity index (χ3v) is 4.30. The lowest BCUT2D eigenvalue weighted by Gasteiger charge is -2.14. The number of nitrogens with one attached hydrogen (secondary N) is 1. The van der Waals surface area contributed by atoms with Crippen LogP contribution in [0.3, 0.4) is 0 Å². The molecule has 1 N–H and O–H groups in total. The smallest absolute Gasteiger partial charge is 0.338 e. The SMILES string of the molecule is COc1cc(C(=O)OCC(=O)Nc2cccc3ccccc23)cc(OC)c1OC. The fourth-order valence-electron chi connectivity index (χ4n) is 2.93. The van der Waals surface area contributed by atoms with E-state index >= 15 is 0 Å². The first-order valence-corrected chi connectivity index (χ1v) is 8.82. The Morgan fingerprint density at radius 3 is 2.17 bits per heavy atom. The second-order valence-corrected chi connectivity index (χ2v) is 6.07. The average molecular weight is 395 g/mol. The zero-order valence-electron chi connectivity index (χ0n) is 16.4. The molecule has 0 saturated carbocycles. The molecule has 0 aliphatic carbocycles. The molecule has 0 aliphatic rings. The van der Waals surface area contributed by atoms with E-state index in [1.54, 1.807) is 6.07 Å². The van der Waals surface area contributed by atoms with Crippen molar-refractivity contribution in [2.45, 2.75) is 0 Å². The predicted molar refractivity (Wildman–Crippen MR) is 109 cm³/mol. The minimum Gasteiger partial charge on any atom is -0.493 e. The van der Waals surface area contributed by atoms with E-state index in [4.69, 9.17) is 18.9 Å². The highest BCUT2D eigenvalue weighted by molar-refractivity contribution is 6.03. The summed E-state index contributed by atoms with van der Waals surface area (Å²) in [5.74, 6) is -0.127. The van der Waals surface area contributed by atoms with Gasteiger partial charge in [-0.05, 0) is 23.6 Å². The molecule has 0 radical (unpaired) electrons. The highest BCUT2D eigenvalue weighted by atomic mass is 16.5. The van der Waals surface area contributed by atoms with Gasteiger partial charge in [0.25, 0.3) is 5.91 Å². The van der Waals surface area contributed by atoms with Crippen LogP contribution in [0.15, 0.2) is 54.6 Å². The Bertz CT molecular complexity index is 1020. The maximum absolute atomic E-state index is 12.4. The molecule has 0 heterocycles. The summed E-state index contributed by atoms with van der Waals surface area (Å²) in [4.78, 5) is 24.7. The fraction of sp³-hybridized carbons (Fsp3) is 0.182. The number of anilines is 1. The molecule has 150 valence electrons. The van der Waals surface area contributed by atoms with Crippen LogP contribution in [0.1, 0.15) is 10.4 Å². The summed E-state index contributed by atoms with van der Waals surface area (Å²) in [6, 6.07) is 16.2. The summed E-state index contributed by atoms with van der Waals surface area (Å²) < 4.78 is 20.8. The lowest BCUT2D eigenvalue weighted by Crippen LogP contribution is -2.21. The molecule has 7 heteroatoms. The maximum atomic E-state index is 12.4. The monoisotopic (exact) mass is 395 g/mol. The lowest BCUT2D eigenvalue weighted by molar-refractivity contribution is -0.119. The van der Waals surface area contributed by atoms with Crippen LogP contribution >= 0.6 is 0 Å². The number of fused-ring (bicyclic) bond motifs is 1. The molecule has 0 spiro atoms. The van der Waals surface area contributed by atoms with Gasteiger partial charge in [-0.1, -0.05) is 36.4 Å². The Kier molecular flexibility index (Phi) is 6.19. The topological polar surface area (TPSA) is 83.1 Å². The second-order valence-electron chi connectivity index (χ2n) is 6.07. The van der Waals surface area contributed by atoms with E-state index in [2.05, 4.69) is 5.32 Å². The van der Waals surface area contributed by atoms with Gasteiger partial charge in [-0.25, -0.2) is 4.79 Å². The zero-order valence-corrected chi connectivity index (χ0v) is 16.4. The van der Waals surface area contributed by atoms with Crippen LogP contribution < -0.4 is 19.5 Å². The Labute approximate surface area is 168 Å². The number of methoxy groups -OCH3 is 3. The maximum Gasteiger partial charge on any atom is 0.338 e. The van der Waals surface area contributed by atoms with Gasteiger partial charge in [0.2, 0.25) is 5.75 Å². The molecule has 3 aromatic carbocycles. The number of esters is 1. The van der Waals surface area contributed by atoms with Gasteiger partial charge in [0.05, 0.1) is 26.9 Å². The van der Waals surface area contributed by atoms with Crippen molar-refractivity contribution in [3.05, 3.63) is 60.2 Å². The summed E-state index contributed by atoms with van der Waals surface area (Å²) in [6.45, 7) is -0.432. The largest absolute Gasteiger partial charge is 0.493 e. The van der Waals surface area contributed by atoms with Gasteiger partial charge in [0.1, 0.15) is 0 Å². The van der Waals surface area contributed by atoms with Crippen LogP contribution in [0.5, 0.6) is 17.2 Å². The third-order valence-electron chi connectivity index (χ3n) is 4.30. The van der Waals surface area contributed by atoms with Crippen LogP contribution in [-0.4, -0.2) is 39.8 Å². The quantitative estimate of drug-likeness (QED) is 0.615. The minimum absolute atomic E-state index is 0.178. The summed E-state index contributed by atoms with van der Waals surface area (Å²) in [6.07, 6.45) is 0. The molecule has 0 bridgehead atoms. The van der Waals surface area contributed by atoms with Crippen molar-refractivity contribution >= 4 is 28.3 Å². The number of rotatable bonds is 7. The molecule has 3 aromatic rings. The first kappa shape index (κ1) is 20.0. The van der Waals surface area contributed by atoms with Gasteiger partial charge >= 0.3 is 5.97 Å². The first-order valence-electron chi connectivity index (χ1n) is 8.82. The number of ether oxygens (including phenoxy) is 4. The minimum atomic E-state index is -0.683. The molecule has 1 amide bonds. The van der Waals surface area contributed by atoms with Crippen molar-refractivity contribution in [2.24, 2.45) is 0 Å². The van der Waals surface area contributed by atoms with Crippen LogP contribution in [0.25, 0.3) is 10.8 Å². The van der Waals surface area contributed by atoms with Crippen molar-refractivity contribution < 1.29 is 28.5 Å². The van der Waals surface area contributed by atoms with Crippen molar-refractivity contribution in [3.8, 4) is 17.2 Å². The number of benzene rings is 3. The molecular weight excluding hydrogens is 374 g/mol. The van der Waals surface area contributed by atoms with E-state index in [1.165, 1.54) is 33.5 Å². The van der Waals surface area contributed by atoms with Crippen molar-refractivity contribution in [3.63, 3.8) is 0 Å². The Morgan fingerprint density at radius 1 is 0.862 bits per heavy atom. The van der Waals surface area contributed by atoms with Crippen LogP contribution in [0.4, 0.5) is 5.69 Å². The number of amides is 1. The molecule has 0 unspecified atom stereocenters. The van der Waals surface area contributed by atoms with E-state index < -0.39 is 18.5 Å². The van der Waals surface area contributed by atoms with E-state index in [0.717, 1.165) is 10.8 Å². The molecule has 29 heavy (non-hydrogen) atoms. The van der Waals surface area contributed by atoms with Crippen molar-refractivity contribution in [1.29, 1.82) is 0 Å². The molecule has 0 atom stereocenters. The molecule has 0 aromatic heterocycles. The van der Waals surface area contributed by atoms with Gasteiger partial charge in [0.15, 0.2) is 18.1 Å².